The fraction of sp³-hybridized carbons (Fsp3) is 0.417. The molecule has 0 saturated heterocycles. The summed E-state index contributed by atoms with van der Waals surface area (Å²) >= 11 is 2.56. The highest BCUT2D eigenvalue weighted by Gasteiger charge is 2.29. The summed E-state index contributed by atoms with van der Waals surface area (Å²) in [5.41, 5.74) is 0. The number of nitrogens with zero attached hydrogens (tertiary/aromatic N) is 3. The lowest BCUT2D eigenvalue weighted by molar-refractivity contribution is -0.137. The fourth-order valence-electron chi connectivity index (χ4n) is 1.58. The molecule has 0 radical (unpaired) electrons. The summed E-state index contributed by atoms with van der Waals surface area (Å²) in [7, 11) is 1.75. The summed E-state index contributed by atoms with van der Waals surface area (Å²) in [4.78, 5) is 12.6. The van der Waals surface area contributed by atoms with Crippen molar-refractivity contribution in [1.29, 1.82) is 0 Å². The minimum absolute atomic E-state index is 0.470. The first-order valence-electron chi connectivity index (χ1n) is 6.22. The van der Waals surface area contributed by atoms with Crippen LogP contribution in [0.5, 0.6) is 0 Å². The SMILES string of the molecule is CC(Sc1nnc(-c2cccs2)n1C)C(=O)NCC(F)(F)F. The Morgan fingerprint density at radius 3 is 2.82 bits per heavy atom. The highest BCUT2D eigenvalue weighted by atomic mass is 32.2. The Labute approximate surface area is 132 Å². The van der Waals surface area contributed by atoms with Gasteiger partial charge in [-0.25, -0.2) is 0 Å². The quantitative estimate of drug-likeness (QED) is 0.843. The largest absolute Gasteiger partial charge is 0.405 e. The molecular weight excluding hydrogens is 337 g/mol. The van der Waals surface area contributed by atoms with Crippen molar-refractivity contribution in [2.45, 2.75) is 23.5 Å². The number of alkyl halides is 3. The lowest BCUT2D eigenvalue weighted by atomic mass is 10.4. The first-order chi connectivity index (χ1) is 10.3. The van der Waals surface area contributed by atoms with E-state index in [0.717, 1.165) is 16.6 Å². The Bertz CT molecular complexity index is 639. The Kier molecular flexibility index (Phi) is 5.12. The van der Waals surface area contributed by atoms with Crippen LogP contribution in [0.25, 0.3) is 10.7 Å². The molecular formula is C12H13F3N4OS2. The number of hydrogen-bond donors (Lipinski definition) is 1. The molecule has 2 heterocycles. The molecule has 10 heteroatoms. The maximum atomic E-state index is 12.1. The van der Waals surface area contributed by atoms with Crippen molar-refractivity contribution in [1.82, 2.24) is 20.1 Å². The van der Waals surface area contributed by atoms with Crippen molar-refractivity contribution in [3.8, 4) is 10.7 Å². The topological polar surface area (TPSA) is 59.8 Å². The number of carbonyl (C=O) groups is 1. The highest BCUT2D eigenvalue weighted by Crippen LogP contribution is 2.28. The third-order valence-corrected chi connectivity index (χ3v) is 4.69. The van der Waals surface area contributed by atoms with Crippen LogP contribution in [0.15, 0.2) is 22.7 Å². The first kappa shape index (κ1) is 16.8. The van der Waals surface area contributed by atoms with E-state index in [-0.39, 0.29) is 0 Å². The van der Waals surface area contributed by atoms with Gasteiger partial charge in [0, 0.05) is 7.05 Å². The summed E-state index contributed by atoms with van der Waals surface area (Å²) in [6.07, 6.45) is -4.42. The van der Waals surface area contributed by atoms with Crippen molar-refractivity contribution in [3.05, 3.63) is 17.5 Å². The predicted octanol–water partition coefficient (Wildman–Crippen LogP) is 2.70. The van der Waals surface area contributed by atoms with Gasteiger partial charge in [-0.2, -0.15) is 13.2 Å². The Morgan fingerprint density at radius 2 is 2.23 bits per heavy atom. The maximum Gasteiger partial charge on any atom is 0.405 e. The zero-order valence-corrected chi connectivity index (χ0v) is 13.3. The van der Waals surface area contributed by atoms with E-state index in [1.165, 1.54) is 18.3 Å². The molecule has 1 N–H and O–H groups in total. The second-order valence-electron chi connectivity index (χ2n) is 4.44. The standard InChI is InChI=1S/C12H13F3N4OS2/c1-7(10(20)16-6-12(13,14)15)22-11-18-17-9(19(11)2)8-4-3-5-21-8/h3-5,7H,6H2,1-2H3,(H,16,20). The molecule has 120 valence electrons. The normalized spacial score (nSPS) is 13.1. The average Bonchev–Trinajstić information content (AvgIpc) is 3.06. The van der Waals surface area contributed by atoms with Crippen LogP contribution in [-0.4, -0.2) is 38.6 Å². The third kappa shape index (κ3) is 4.23. The van der Waals surface area contributed by atoms with Crippen LogP contribution in [0.3, 0.4) is 0 Å². The number of hydrogen-bond acceptors (Lipinski definition) is 5. The van der Waals surface area contributed by atoms with Crippen LogP contribution in [0.4, 0.5) is 13.2 Å². The summed E-state index contributed by atoms with van der Waals surface area (Å²) in [6, 6.07) is 3.78. The number of halogens is 3. The molecule has 2 aromatic rings. The van der Waals surface area contributed by atoms with Gasteiger partial charge in [-0.15, -0.1) is 21.5 Å². The van der Waals surface area contributed by atoms with E-state index in [4.69, 9.17) is 0 Å². The average molecular weight is 350 g/mol. The van der Waals surface area contributed by atoms with E-state index in [9.17, 15) is 18.0 Å². The van der Waals surface area contributed by atoms with E-state index >= 15 is 0 Å². The lowest BCUT2D eigenvalue weighted by Gasteiger charge is -2.12. The molecule has 0 saturated carbocycles. The van der Waals surface area contributed by atoms with Crippen LogP contribution in [0, 0.1) is 0 Å². The van der Waals surface area contributed by atoms with E-state index in [1.54, 1.807) is 11.6 Å². The van der Waals surface area contributed by atoms with Gasteiger partial charge >= 0.3 is 6.18 Å². The molecule has 2 rings (SSSR count). The second kappa shape index (κ2) is 6.69. The second-order valence-corrected chi connectivity index (χ2v) is 6.69. The van der Waals surface area contributed by atoms with Gasteiger partial charge in [0.25, 0.3) is 0 Å². The van der Waals surface area contributed by atoms with Crippen molar-refractivity contribution in [3.63, 3.8) is 0 Å². The van der Waals surface area contributed by atoms with Crippen molar-refractivity contribution < 1.29 is 18.0 Å². The van der Waals surface area contributed by atoms with Crippen LogP contribution < -0.4 is 5.32 Å². The lowest BCUT2D eigenvalue weighted by Crippen LogP contribution is -2.38. The fourth-order valence-corrected chi connectivity index (χ4v) is 3.16. The van der Waals surface area contributed by atoms with Gasteiger partial charge in [0.1, 0.15) is 6.54 Å². The molecule has 0 aromatic carbocycles. The van der Waals surface area contributed by atoms with E-state index in [2.05, 4.69) is 10.2 Å². The van der Waals surface area contributed by atoms with Crippen LogP contribution in [-0.2, 0) is 11.8 Å². The van der Waals surface area contributed by atoms with Gasteiger partial charge in [0.05, 0.1) is 10.1 Å². The molecule has 5 nitrogen and oxygen atoms in total. The Morgan fingerprint density at radius 1 is 1.50 bits per heavy atom. The minimum Gasteiger partial charge on any atom is -0.346 e. The van der Waals surface area contributed by atoms with Crippen LogP contribution in [0.1, 0.15) is 6.92 Å². The van der Waals surface area contributed by atoms with Crippen molar-refractivity contribution in [2.75, 3.05) is 6.54 Å². The number of thioether (sulfide) groups is 1. The number of nitrogens with one attached hydrogen (secondary N) is 1. The summed E-state index contributed by atoms with van der Waals surface area (Å²) in [5, 5.41) is 11.6. The van der Waals surface area contributed by atoms with E-state index < -0.39 is 23.9 Å². The van der Waals surface area contributed by atoms with Crippen LogP contribution in [0.2, 0.25) is 0 Å². The number of carbonyl (C=O) groups excluding carboxylic acids is 1. The van der Waals surface area contributed by atoms with Gasteiger partial charge in [-0.1, -0.05) is 17.8 Å². The molecule has 0 aliphatic rings. The Hall–Kier alpha value is -1.55. The summed E-state index contributed by atoms with van der Waals surface area (Å²) < 4.78 is 38.0. The predicted molar refractivity (Wildman–Crippen MR) is 78.7 cm³/mol. The van der Waals surface area contributed by atoms with E-state index in [0.29, 0.717) is 11.0 Å². The van der Waals surface area contributed by atoms with Gasteiger partial charge in [0.15, 0.2) is 11.0 Å². The maximum absolute atomic E-state index is 12.1. The highest BCUT2D eigenvalue weighted by molar-refractivity contribution is 8.00. The van der Waals surface area contributed by atoms with Crippen molar-refractivity contribution >= 4 is 29.0 Å². The molecule has 1 unspecified atom stereocenters. The molecule has 0 aliphatic carbocycles. The number of amides is 1. The zero-order valence-electron chi connectivity index (χ0n) is 11.7. The molecule has 1 amide bonds. The minimum atomic E-state index is -4.42. The van der Waals surface area contributed by atoms with Gasteiger partial charge in [-0.3, -0.25) is 4.79 Å². The van der Waals surface area contributed by atoms with Gasteiger partial charge in [0.2, 0.25) is 5.91 Å². The number of thiophene rings is 1. The number of aromatic nitrogens is 3. The summed E-state index contributed by atoms with van der Waals surface area (Å²) in [5.74, 6) is -0.0385. The molecule has 0 aliphatic heterocycles. The van der Waals surface area contributed by atoms with E-state index in [1.807, 2.05) is 22.8 Å². The Balaban J connectivity index is 2.00. The summed E-state index contributed by atoms with van der Waals surface area (Å²) in [6.45, 7) is 0.186. The molecule has 0 bridgehead atoms. The zero-order chi connectivity index (χ0) is 16.3. The molecule has 0 fully saturated rings. The molecule has 2 aromatic heterocycles. The monoisotopic (exact) mass is 350 g/mol. The number of rotatable bonds is 5. The van der Waals surface area contributed by atoms with Gasteiger partial charge < -0.3 is 9.88 Å². The first-order valence-corrected chi connectivity index (χ1v) is 7.98. The van der Waals surface area contributed by atoms with Crippen LogP contribution >= 0.6 is 23.1 Å². The van der Waals surface area contributed by atoms with Crippen molar-refractivity contribution in [2.24, 2.45) is 7.05 Å². The third-order valence-electron chi connectivity index (χ3n) is 2.69. The van der Waals surface area contributed by atoms with Gasteiger partial charge in [-0.05, 0) is 18.4 Å². The smallest absolute Gasteiger partial charge is 0.346 e. The molecule has 22 heavy (non-hydrogen) atoms. The molecule has 1 atom stereocenters. The molecule has 0 spiro atoms.